The number of hydrogen-bond acceptors (Lipinski definition) is 7. The summed E-state index contributed by atoms with van der Waals surface area (Å²) in [4.78, 5) is 11.3. The van der Waals surface area contributed by atoms with E-state index in [4.69, 9.17) is 29.4 Å². The van der Waals surface area contributed by atoms with Crippen LogP contribution < -0.4 is 11.1 Å². The zero-order valence-corrected chi connectivity index (χ0v) is 14.1. The monoisotopic (exact) mass is 332 g/mol. The molecule has 2 aliphatic heterocycles. The summed E-state index contributed by atoms with van der Waals surface area (Å²) in [6.45, 7) is 7.94. The van der Waals surface area contributed by atoms with Crippen LogP contribution in [0.15, 0.2) is 0 Å². The molecule has 134 valence electrons. The highest BCUT2D eigenvalue weighted by atomic mass is 16.8. The summed E-state index contributed by atoms with van der Waals surface area (Å²) in [5.74, 6) is -0.820. The Kier molecular flexibility index (Phi) is 6.75. The third-order valence-electron chi connectivity index (χ3n) is 3.72. The number of ether oxygens (including phenoxy) is 5. The molecule has 2 saturated heterocycles. The summed E-state index contributed by atoms with van der Waals surface area (Å²) in [6, 6.07) is -0.219. The maximum atomic E-state index is 11.3. The lowest BCUT2D eigenvalue weighted by Crippen LogP contribution is -2.58. The number of rotatable bonds is 8. The van der Waals surface area contributed by atoms with Gasteiger partial charge in [-0.2, -0.15) is 0 Å². The van der Waals surface area contributed by atoms with Gasteiger partial charge in [-0.05, 0) is 13.8 Å². The predicted molar refractivity (Wildman–Crippen MR) is 81.9 cm³/mol. The Morgan fingerprint density at radius 3 is 2.61 bits per heavy atom. The quantitative estimate of drug-likeness (QED) is 0.572. The van der Waals surface area contributed by atoms with Crippen molar-refractivity contribution in [2.24, 2.45) is 5.73 Å². The standard InChI is InChI=1S/C15H28N2O6/c1-10(18)17-11-8-21-12(9-20-7-6-19-5-4-16)14-13(11)22-15(2,3)23-14/h11-14H,4-9,16H2,1-3H3,(H,17,18)/t11-,12-,13-,14+/m1/s1. The van der Waals surface area contributed by atoms with Gasteiger partial charge in [0.1, 0.15) is 18.3 Å². The second kappa shape index (κ2) is 8.36. The maximum Gasteiger partial charge on any atom is 0.217 e. The Morgan fingerprint density at radius 1 is 1.22 bits per heavy atom. The van der Waals surface area contributed by atoms with Gasteiger partial charge >= 0.3 is 0 Å². The van der Waals surface area contributed by atoms with E-state index in [0.717, 1.165) is 0 Å². The molecule has 3 N–H and O–H groups in total. The Bertz CT molecular complexity index is 392. The fraction of sp³-hybridized carbons (Fsp3) is 0.933. The average molecular weight is 332 g/mol. The van der Waals surface area contributed by atoms with E-state index in [1.165, 1.54) is 6.92 Å². The Hall–Kier alpha value is -0.770. The molecule has 0 unspecified atom stereocenters. The number of nitrogens with one attached hydrogen (secondary N) is 1. The van der Waals surface area contributed by atoms with Gasteiger partial charge in [-0.15, -0.1) is 0 Å². The topological polar surface area (TPSA) is 101 Å². The summed E-state index contributed by atoms with van der Waals surface area (Å²) in [6.07, 6.45) is -0.758. The number of carbonyl (C=O) groups is 1. The summed E-state index contributed by atoms with van der Waals surface area (Å²) in [7, 11) is 0. The largest absolute Gasteiger partial charge is 0.378 e. The second-order valence-corrected chi connectivity index (χ2v) is 6.22. The van der Waals surface area contributed by atoms with Gasteiger partial charge in [0.05, 0.1) is 39.1 Å². The second-order valence-electron chi connectivity index (χ2n) is 6.22. The molecule has 1 amide bonds. The summed E-state index contributed by atoms with van der Waals surface area (Å²) >= 11 is 0. The van der Waals surface area contributed by atoms with Crippen LogP contribution in [-0.4, -0.2) is 75.6 Å². The van der Waals surface area contributed by atoms with Crippen molar-refractivity contribution in [2.75, 3.05) is 39.6 Å². The van der Waals surface area contributed by atoms with E-state index in [1.54, 1.807) is 0 Å². The first-order chi connectivity index (χ1) is 10.9. The van der Waals surface area contributed by atoms with E-state index in [2.05, 4.69) is 5.32 Å². The van der Waals surface area contributed by atoms with E-state index in [-0.39, 0.29) is 30.3 Å². The molecule has 2 aliphatic rings. The minimum absolute atomic E-state index is 0.114. The van der Waals surface area contributed by atoms with Crippen molar-refractivity contribution in [1.82, 2.24) is 5.32 Å². The van der Waals surface area contributed by atoms with Gasteiger partial charge in [0, 0.05) is 13.5 Å². The Labute approximate surface area is 136 Å². The highest BCUT2D eigenvalue weighted by molar-refractivity contribution is 5.73. The van der Waals surface area contributed by atoms with Crippen LogP contribution in [0.3, 0.4) is 0 Å². The van der Waals surface area contributed by atoms with Gasteiger partial charge in [0.25, 0.3) is 0 Å². The van der Waals surface area contributed by atoms with Gasteiger partial charge < -0.3 is 34.7 Å². The van der Waals surface area contributed by atoms with Gasteiger partial charge in [-0.1, -0.05) is 0 Å². The molecule has 0 aromatic rings. The molecular weight excluding hydrogens is 304 g/mol. The molecule has 0 aliphatic carbocycles. The van der Waals surface area contributed by atoms with Crippen molar-refractivity contribution in [3.8, 4) is 0 Å². The lowest BCUT2D eigenvalue weighted by Gasteiger charge is -2.37. The van der Waals surface area contributed by atoms with E-state index in [0.29, 0.717) is 39.6 Å². The summed E-state index contributed by atoms with van der Waals surface area (Å²) in [5, 5.41) is 2.86. The fourth-order valence-electron chi connectivity index (χ4n) is 2.86. The van der Waals surface area contributed by atoms with Crippen molar-refractivity contribution < 1.29 is 28.5 Å². The number of fused-ring (bicyclic) bond motifs is 1. The van der Waals surface area contributed by atoms with Gasteiger partial charge in [-0.25, -0.2) is 0 Å². The normalized spacial score (nSPS) is 32.5. The highest BCUT2D eigenvalue weighted by Gasteiger charge is 2.52. The molecule has 2 fully saturated rings. The summed E-state index contributed by atoms with van der Waals surface area (Å²) < 4.78 is 28.6. The Balaban J connectivity index is 1.84. The SMILES string of the molecule is CC(=O)N[C@@H]1CO[C@H](COCCOCCN)[C@@H]2OC(C)(C)O[C@@H]21. The van der Waals surface area contributed by atoms with Crippen LogP contribution in [0.1, 0.15) is 20.8 Å². The first kappa shape index (κ1) is 18.6. The zero-order valence-electron chi connectivity index (χ0n) is 14.1. The molecule has 8 nitrogen and oxygen atoms in total. The van der Waals surface area contributed by atoms with Crippen molar-refractivity contribution in [3.63, 3.8) is 0 Å². The molecular formula is C15H28N2O6. The van der Waals surface area contributed by atoms with Crippen LogP contribution in [0, 0.1) is 0 Å². The van der Waals surface area contributed by atoms with Crippen molar-refractivity contribution in [1.29, 1.82) is 0 Å². The van der Waals surface area contributed by atoms with Crippen LogP contribution in [0.4, 0.5) is 0 Å². The lowest BCUT2D eigenvalue weighted by molar-refractivity contribution is -0.160. The molecule has 2 heterocycles. The minimum Gasteiger partial charge on any atom is -0.378 e. The molecule has 0 saturated carbocycles. The highest BCUT2D eigenvalue weighted by Crippen LogP contribution is 2.35. The van der Waals surface area contributed by atoms with E-state index in [1.807, 2.05) is 13.8 Å². The minimum atomic E-state index is -0.706. The van der Waals surface area contributed by atoms with Gasteiger partial charge in [0.15, 0.2) is 5.79 Å². The lowest BCUT2D eigenvalue weighted by atomic mass is 9.98. The zero-order chi connectivity index (χ0) is 16.9. The average Bonchev–Trinajstić information content (AvgIpc) is 2.80. The van der Waals surface area contributed by atoms with Crippen molar-refractivity contribution in [2.45, 2.75) is 50.9 Å². The van der Waals surface area contributed by atoms with E-state index >= 15 is 0 Å². The van der Waals surface area contributed by atoms with Crippen LogP contribution in [0.5, 0.6) is 0 Å². The third-order valence-corrected chi connectivity index (χ3v) is 3.72. The van der Waals surface area contributed by atoms with Crippen LogP contribution in [0.2, 0.25) is 0 Å². The van der Waals surface area contributed by atoms with Crippen molar-refractivity contribution >= 4 is 5.91 Å². The molecule has 0 bridgehead atoms. The number of nitrogens with two attached hydrogens (primary N) is 1. The number of carbonyl (C=O) groups excluding carboxylic acids is 1. The van der Waals surface area contributed by atoms with Crippen LogP contribution in [-0.2, 0) is 28.5 Å². The summed E-state index contributed by atoms with van der Waals surface area (Å²) in [5.41, 5.74) is 5.35. The number of hydrogen-bond donors (Lipinski definition) is 2. The molecule has 0 spiro atoms. The molecule has 23 heavy (non-hydrogen) atoms. The third kappa shape index (κ3) is 5.37. The number of amides is 1. The smallest absolute Gasteiger partial charge is 0.217 e. The fourth-order valence-corrected chi connectivity index (χ4v) is 2.86. The molecule has 0 aromatic carbocycles. The molecule has 4 atom stereocenters. The molecule has 0 radical (unpaired) electrons. The first-order valence-corrected chi connectivity index (χ1v) is 8.03. The Morgan fingerprint density at radius 2 is 1.91 bits per heavy atom. The molecule has 2 rings (SSSR count). The van der Waals surface area contributed by atoms with Crippen LogP contribution in [0.25, 0.3) is 0 Å². The van der Waals surface area contributed by atoms with Gasteiger partial charge in [-0.3, -0.25) is 4.79 Å². The van der Waals surface area contributed by atoms with Crippen LogP contribution >= 0.6 is 0 Å². The van der Waals surface area contributed by atoms with Gasteiger partial charge in [0.2, 0.25) is 5.91 Å². The molecule has 0 aromatic heterocycles. The van der Waals surface area contributed by atoms with E-state index in [9.17, 15) is 4.79 Å². The molecule has 8 heteroatoms. The van der Waals surface area contributed by atoms with Crippen molar-refractivity contribution in [3.05, 3.63) is 0 Å². The van der Waals surface area contributed by atoms with E-state index < -0.39 is 5.79 Å². The maximum absolute atomic E-state index is 11.3. The predicted octanol–water partition coefficient (Wildman–Crippen LogP) is -0.598. The first-order valence-electron chi connectivity index (χ1n) is 8.03.